The van der Waals surface area contributed by atoms with Gasteiger partial charge in [-0.25, -0.2) is 0 Å². The number of epoxide rings is 1. The molecule has 5 unspecified atom stereocenters. The van der Waals surface area contributed by atoms with E-state index >= 15 is 0 Å². The van der Waals surface area contributed by atoms with Crippen molar-refractivity contribution < 1.29 is 55.1 Å². The van der Waals surface area contributed by atoms with E-state index in [0.29, 0.717) is 11.1 Å². The van der Waals surface area contributed by atoms with Crippen LogP contribution in [0.25, 0.3) is 0 Å². The standard InChI is InChI=1S/C30H24O11/c31-14-4-1-12(2-5-14)27-22(38)10-16-18(34)11-21(37)25(28(16)39-27)26-24-20(36)8-15(32)9-23(24)40-30(29(26)41-30)13-3-6-17(33)19(35)7-13/h1-9,11,22,26-27,29,31-38H,10H2. The molecule has 0 aliphatic carbocycles. The summed E-state index contributed by atoms with van der Waals surface area (Å²) in [6, 6.07) is 13.6. The molecule has 5 atom stereocenters. The van der Waals surface area contributed by atoms with E-state index in [2.05, 4.69) is 0 Å². The molecule has 0 saturated carbocycles. The van der Waals surface area contributed by atoms with E-state index in [-0.39, 0.29) is 69.1 Å². The molecule has 1 saturated heterocycles. The zero-order valence-corrected chi connectivity index (χ0v) is 21.1. The molecule has 0 amide bonds. The van der Waals surface area contributed by atoms with Gasteiger partial charge in [-0.05, 0) is 35.9 Å². The van der Waals surface area contributed by atoms with Crippen LogP contribution in [0.15, 0.2) is 60.7 Å². The minimum atomic E-state index is -1.54. The molecule has 0 radical (unpaired) electrons. The quantitative estimate of drug-likeness (QED) is 0.135. The fourth-order valence-corrected chi connectivity index (χ4v) is 5.96. The van der Waals surface area contributed by atoms with Gasteiger partial charge < -0.3 is 55.1 Å². The molecule has 4 aromatic rings. The van der Waals surface area contributed by atoms with Gasteiger partial charge in [0.2, 0.25) is 0 Å². The predicted octanol–water partition coefficient (Wildman–Crippen LogP) is 3.44. The van der Waals surface area contributed by atoms with Crippen molar-refractivity contribution in [1.29, 1.82) is 0 Å². The van der Waals surface area contributed by atoms with Crippen molar-refractivity contribution in [2.45, 2.75) is 36.4 Å². The van der Waals surface area contributed by atoms with Crippen molar-refractivity contribution in [3.05, 3.63) is 88.5 Å². The second kappa shape index (κ2) is 8.50. The molecular formula is C30H24O11. The Morgan fingerprint density at radius 3 is 2.15 bits per heavy atom. The maximum absolute atomic E-state index is 11.3. The average molecular weight is 561 g/mol. The first kappa shape index (κ1) is 25.0. The number of phenolic OH excluding ortho intramolecular Hbond substituents is 7. The van der Waals surface area contributed by atoms with Crippen molar-refractivity contribution >= 4 is 0 Å². The Kier molecular flexibility index (Phi) is 5.18. The topological polar surface area (TPSA) is 193 Å². The highest BCUT2D eigenvalue weighted by atomic mass is 16.8. The number of fused-ring (bicyclic) bond motifs is 3. The SMILES string of the molecule is Oc1ccc(C2Oc3c(c(O)cc(O)c3C3c4c(O)cc(O)cc4OC4(c5ccc(O)c(O)c5)OC34)CC2O)cc1. The van der Waals surface area contributed by atoms with Crippen LogP contribution in [0, 0.1) is 0 Å². The van der Waals surface area contributed by atoms with Crippen LogP contribution in [0.2, 0.25) is 0 Å². The first-order valence-electron chi connectivity index (χ1n) is 12.7. The largest absolute Gasteiger partial charge is 0.508 e. The Hall–Kier alpha value is -5.00. The van der Waals surface area contributed by atoms with E-state index in [1.54, 1.807) is 12.1 Å². The molecule has 7 rings (SSSR count). The molecule has 41 heavy (non-hydrogen) atoms. The molecule has 4 aromatic carbocycles. The molecular weight excluding hydrogens is 536 g/mol. The van der Waals surface area contributed by atoms with Gasteiger partial charge in [0.15, 0.2) is 11.5 Å². The van der Waals surface area contributed by atoms with Crippen LogP contribution in [-0.4, -0.2) is 53.1 Å². The van der Waals surface area contributed by atoms with Crippen LogP contribution in [0.1, 0.15) is 39.8 Å². The van der Waals surface area contributed by atoms with Gasteiger partial charge in [-0.15, -0.1) is 0 Å². The van der Waals surface area contributed by atoms with Crippen LogP contribution < -0.4 is 9.47 Å². The van der Waals surface area contributed by atoms with Gasteiger partial charge in [-0.1, -0.05) is 12.1 Å². The van der Waals surface area contributed by atoms with E-state index in [9.17, 15) is 40.9 Å². The van der Waals surface area contributed by atoms with E-state index in [4.69, 9.17) is 14.2 Å². The Balaban J connectivity index is 1.42. The minimum Gasteiger partial charge on any atom is -0.508 e. The number of hydrogen-bond donors (Lipinski definition) is 8. The lowest BCUT2D eigenvalue weighted by Gasteiger charge is -2.36. The Morgan fingerprint density at radius 2 is 1.41 bits per heavy atom. The maximum Gasteiger partial charge on any atom is 0.265 e. The van der Waals surface area contributed by atoms with Gasteiger partial charge in [-0.2, -0.15) is 0 Å². The van der Waals surface area contributed by atoms with Crippen LogP contribution >= 0.6 is 0 Å². The molecule has 210 valence electrons. The lowest BCUT2D eigenvalue weighted by atomic mass is 9.79. The fraction of sp³-hybridized carbons (Fsp3) is 0.200. The number of aliphatic hydroxyl groups is 1. The van der Waals surface area contributed by atoms with Gasteiger partial charge in [0, 0.05) is 46.9 Å². The summed E-state index contributed by atoms with van der Waals surface area (Å²) < 4.78 is 18.5. The minimum absolute atomic E-state index is 0.0236. The average Bonchev–Trinajstić information content (AvgIpc) is 3.65. The third-order valence-corrected chi connectivity index (χ3v) is 7.89. The Bertz CT molecular complexity index is 1720. The number of aromatic hydroxyl groups is 7. The van der Waals surface area contributed by atoms with Crippen LogP contribution in [0.4, 0.5) is 0 Å². The number of benzene rings is 4. The third kappa shape index (κ3) is 3.66. The second-order valence-electron chi connectivity index (χ2n) is 10.4. The van der Waals surface area contributed by atoms with Gasteiger partial charge in [0.25, 0.3) is 5.79 Å². The molecule has 0 aromatic heterocycles. The van der Waals surface area contributed by atoms with E-state index in [0.717, 1.165) is 12.1 Å². The van der Waals surface area contributed by atoms with Crippen molar-refractivity contribution in [1.82, 2.24) is 0 Å². The number of phenols is 7. The molecule has 3 aliphatic heterocycles. The summed E-state index contributed by atoms with van der Waals surface area (Å²) in [7, 11) is 0. The smallest absolute Gasteiger partial charge is 0.265 e. The van der Waals surface area contributed by atoms with Gasteiger partial charge >= 0.3 is 0 Å². The summed E-state index contributed by atoms with van der Waals surface area (Å²) in [6.45, 7) is 0. The molecule has 3 heterocycles. The highest BCUT2D eigenvalue weighted by Gasteiger charge is 2.69. The zero-order valence-electron chi connectivity index (χ0n) is 21.1. The molecule has 8 N–H and O–H groups in total. The first-order chi connectivity index (χ1) is 19.6. The highest BCUT2D eigenvalue weighted by molar-refractivity contribution is 5.67. The maximum atomic E-state index is 11.3. The van der Waals surface area contributed by atoms with E-state index < -0.39 is 35.8 Å². The molecule has 3 aliphatic rings. The van der Waals surface area contributed by atoms with Crippen LogP contribution in [-0.2, 0) is 16.9 Å². The summed E-state index contributed by atoms with van der Waals surface area (Å²) in [5, 5.41) is 83.9. The molecule has 0 bridgehead atoms. The molecule has 0 spiro atoms. The van der Waals surface area contributed by atoms with Crippen molar-refractivity contribution in [3.8, 4) is 51.7 Å². The summed E-state index contributed by atoms with van der Waals surface area (Å²) >= 11 is 0. The molecule has 11 nitrogen and oxygen atoms in total. The van der Waals surface area contributed by atoms with Gasteiger partial charge in [0.05, 0.1) is 12.0 Å². The summed E-state index contributed by atoms with van der Waals surface area (Å²) in [5.41, 5.74) is 1.38. The van der Waals surface area contributed by atoms with Gasteiger partial charge in [0.1, 0.15) is 52.5 Å². The van der Waals surface area contributed by atoms with E-state index in [1.807, 2.05) is 0 Å². The number of hydrogen-bond acceptors (Lipinski definition) is 11. The van der Waals surface area contributed by atoms with Crippen molar-refractivity contribution in [2.24, 2.45) is 0 Å². The Morgan fingerprint density at radius 1 is 0.683 bits per heavy atom. The lowest BCUT2D eigenvalue weighted by Crippen LogP contribution is -2.33. The zero-order chi connectivity index (χ0) is 28.8. The first-order valence-corrected chi connectivity index (χ1v) is 12.7. The normalized spacial score (nSPS) is 25.7. The summed E-state index contributed by atoms with van der Waals surface area (Å²) in [4.78, 5) is 0. The number of aliphatic hydroxyl groups excluding tert-OH is 1. The lowest BCUT2D eigenvalue weighted by molar-refractivity contribution is 0.0186. The highest BCUT2D eigenvalue weighted by Crippen LogP contribution is 2.65. The number of rotatable bonds is 3. The molecule has 1 fully saturated rings. The Labute approximate surface area is 231 Å². The monoisotopic (exact) mass is 560 g/mol. The fourth-order valence-electron chi connectivity index (χ4n) is 5.96. The van der Waals surface area contributed by atoms with Crippen molar-refractivity contribution in [2.75, 3.05) is 0 Å². The predicted molar refractivity (Wildman–Crippen MR) is 140 cm³/mol. The third-order valence-electron chi connectivity index (χ3n) is 7.89. The van der Waals surface area contributed by atoms with Crippen LogP contribution in [0.3, 0.4) is 0 Å². The van der Waals surface area contributed by atoms with E-state index in [1.165, 1.54) is 36.4 Å². The summed E-state index contributed by atoms with van der Waals surface area (Å²) in [6.07, 6.45) is -2.97. The molecule has 11 heteroatoms. The summed E-state index contributed by atoms with van der Waals surface area (Å²) in [5.74, 6) is -4.53. The van der Waals surface area contributed by atoms with Crippen LogP contribution in [0.5, 0.6) is 51.7 Å². The van der Waals surface area contributed by atoms with Crippen molar-refractivity contribution in [3.63, 3.8) is 0 Å². The second-order valence-corrected chi connectivity index (χ2v) is 10.4. The number of ether oxygens (including phenoxy) is 3. The van der Waals surface area contributed by atoms with Gasteiger partial charge in [-0.3, -0.25) is 0 Å².